The van der Waals surface area contributed by atoms with Crippen LogP contribution < -0.4 is 0 Å². The summed E-state index contributed by atoms with van der Waals surface area (Å²) in [7, 11) is 0. The molecule has 0 atom stereocenters. The Morgan fingerprint density at radius 1 is 0.852 bits per heavy atom. The third-order valence-corrected chi connectivity index (χ3v) is 4.81. The number of hydrogen-bond donors (Lipinski definition) is 0. The third kappa shape index (κ3) is 2.12. The first kappa shape index (κ1) is 15.4. The zero-order chi connectivity index (χ0) is 18.5. The molecule has 0 fully saturated rings. The molecule has 27 heavy (non-hydrogen) atoms. The van der Waals surface area contributed by atoms with E-state index in [-0.39, 0.29) is 39.6 Å². The van der Waals surface area contributed by atoms with Crippen molar-refractivity contribution in [1.29, 1.82) is 0 Å². The van der Waals surface area contributed by atoms with Crippen molar-refractivity contribution in [2.45, 2.75) is 0 Å². The molecule has 3 heterocycles. The second-order valence-corrected chi connectivity index (χ2v) is 6.34. The van der Waals surface area contributed by atoms with Crippen LogP contribution in [0.5, 0.6) is 0 Å². The van der Waals surface area contributed by atoms with Crippen molar-refractivity contribution in [3.8, 4) is 0 Å². The third-order valence-electron chi connectivity index (χ3n) is 4.81. The van der Waals surface area contributed by atoms with Crippen molar-refractivity contribution in [3.05, 3.63) is 107 Å². The fourth-order valence-corrected chi connectivity index (χ4v) is 3.57. The lowest BCUT2D eigenvalue weighted by Crippen LogP contribution is -2.27. The van der Waals surface area contributed by atoms with Gasteiger partial charge in [0.15, 0.2) is 5.78 Å². The Hall–Kier alpha value is -3.86. The molecule has 5 heteroatoms. The van der Waals surface area contributed by atoms with Gasteiger partial charge in [0.25, 0.3) is 0 Å². The molecule has 3 aromatic heterocycles. The van der Waals surface area contributed by atoms with E-state index in [2.05, 4.69) is 4.98 Å². The van der Waals surface area contributed by atoms with Crippen LogP contribution >= 0.6 is 0 Å². The standard InChI is InChI=1S/C22H12N2O3/c25-20(13-6-2-1-3-7-13)19-17-16(12-14-8-5-11-24(14)19)21(26)15-9-4-10-23-18(15)22(17)27/h1-12H. The molecule has 0 radical (unpaired) electrons. The van der Waals surface area contributed by atoms with Crippen LogP contribution in [-0.2, 0) is 0 Å². The second-order valence-electron chi connectivity index (χ2n) is 6.34. The highest BCUT2D eigenvalue weighted by molar-refractivity contribution is 6.31. The number of nitrogens with zero attached hydrogens (tertiary/aromatic N) is 2. The van der Waals surface area contributed by atoms with Gasteiger partial charge in [0, 0.05) is 29.0 Å². The maximum absolute atomic E-state index is 13.3. The van der Waals surface area contributed by atoms with Gasteiger partial charge in [-0.1, -0.05) is 30.3 Å². The largest absolute Gasteiger partial charge is 0.313 e. The van der Waals surface area contributed by atoms with Crippen LogP contribution in [0.15, 0.2) is 73.1 Å². The first-order valence-corrected chi connectivity index (χ1v) is 8.45. The number of ketones is 3. The number of pyridine rings is 2. The molecule has 5 rings (SSSR count). The molecule has 1 aromatic carbocycles. The minimum absolute atomic E-state index is 0.0867. The van der Waals surface area contributed by atoms with E-state index in [0.29, 0.717) is 11.1 Å². The van der Waals surface area contributed by atoms with Crippen molar-refractivity contribution in [3.63, 3.8) is 0 Å². The highest BCUT2D eigenvalue weighted by atomic mass is 16.1. The van der Waals surface area contributed by atoms with Crippen molar-refractivity contribution in [2.75, 3.05) is 0 Å². The van der Waals surface area contributed by atoms with Crippen LogP contribution in [0, 0.1) is 0 Å². The summed E-state index contributed by atoms with van der Waals surface area (Å²) in [6, 6.07) is 17.2. The Bertz CT molecular complexity index is 1270. The predicted octanol–water partition coefficient (Wildman–Crippen LogP) is 3.34. The molecule has 0 bridgehead atoms. The van der Waals surface area contributed by atoms with E-state index in [4.69, 9.17) is 0 Å². The predicted molar refractivity (Wildman–Crippen MR) is 98.4 cm³/mol. The summed E-state index contributed by atoms with van der Waals surface area (Å²) in [5.41, 5.74) is 2.03. The molecule has 0 amide bonds. The quantitative estimate of drug-likeness (QED) is 0.457. The average Bonchev–Trinajstić information content (AvgIpc) is 3.19. The zero-order valence-corrected chi connectivity index (χ0v) is 14.0. The Labute approximate surface area is 153 Å². The molecular weight excluding hydrogens is 340 g/mol. The first-order valence-electron chi connectivity index (χ1n) is 8.45. The molecular formula is C22H12N2O3. The van der Waals surface area contributed by atoms with Crippen molar-refractivity contribution < 1.29 is 14.4 Å². The molecule has 5 nitrogen and oxygen atoms in total. The van der Waals surface area contributed by atoms with Crippen LogP contribution in [0.25, 0.3) is 5.52 Å². The fourth-order valence-electron chi connectivity index (χ4n) is 3.57. The molecule has 0 aliphatic heterocycles. The molecule has 128 valence electrons. The number of fused-ring (bicyclic) bond motifs is 3. The lowest BCUT2D eigenvalue weighted by molar-refractivity contribution is 0.0965. The summed E-state index contributed by atoms with van der Waals surface area (Å²) >= 11 is 0. The van der Waals surface area contributed by atoms with E-state index in [0.717, 1.165) is 0 Å². The number of rotatable bonds is 2. The van der Waals surface area contributed by atoms with Gasteiger partial charge in [-0.2, -0.15) is 0 Å². The molecule has 1 aliphatic rings. The van der Waals surface area contributed by atoms with Gasteiger partial charge < -0.3 is 4.40 Å². The smallest absolute Gasteiger partial charge is 0.215 e. The van der Waals surface area contributed by atoms with Gasteiger partial charge in [0.2, 0.25) is 11.6 Å². The molecule has 1 aliphatic carbocycles. The van der Waals surface area contributed by atoms with E-state index < -0.39 is 5.78 Å². The molecule has 0 N–H and O–H groups in total. The van der Waals surface area contributed by atoms with Crippen LogP contribution in [0.1, 0.15) is 48.0 Å². The lowest BCUT2D eigenvalue weighted by atomic mass is 9.84. The van der Waals surface area contributed by atoms with E-state index in [1.165, 1.54) is 6.20 Å². The number of carbonyl (C=O) groups excluding carboxylic acids is 3. The summed E-state index contributed by atoms with van der Waals surface area (Å²) in [6.45, 7) is 0. The highest BCUT2D eigenvalue weighted by Gasteiger charge is 2.36. The normalized spacial score (nSPS) is 12.7. The van der Waals surface area contributed by atoms with Crippen molar-refractivity contribution >= 4 is 22.9 Å². The molecule has 0 unspecified atom stereocenters. The summed E-state index contributed by atoms with van der Waals surface area (Å²) in [4.78, 5) is 43.6. The van der Waals surface area contributed by atoms with Gasteiger partial charge in [-0.05, 0) is 30.3 Å². The van der Waals surface area contributed by atoms with Crippen molar-refractivity contribution in [1.82, 2.24) is 9.38 Å². The summed E-state index contributed by atoms with van der Waals surface area (Å²) in [5.74, 6) is -1.01. The number of hydrogen-bond acceptors (Lipinski definition) is 4. The number of aromatic nitrogens is 2. The van der Waals surface area contributed by atoms with Gasteiger partial charge in [-0.25, -0.2) is 0 Å². The summed E-state index contributed by atoms with van der Waals surface area (Å²) < 4.78 is 1.66. The van der Waals surface area contributed by atoms with Crippen LogP contribution in [0.3, 0.4) is 0 Å². The molecule has 0 spiro atoms. The van der Waals surface area contributed by atoms with Gasteiger partial charge in [-0.3, -0.25) is 19.4 Å². The maximum Gasteiger partial charge on any atom is 0.215 e. The van der Waals surface area contributed by atoms with Gasteiger partial charge in [-0.15, -0.1) is 0 Å². The van der Waals surface area contributed by atoms with Gasteiger partial charge in [0.05, 0.1) is 11.1 Å². The SMILES string of the molecule is O=C1c2cccnc2C(=O)c2c1cc1cccn1c2C(=O)c1ccccc1. The van der Waals surface area contributed by atoms with E-state index in [1.807, 2.05) is 6.07 Å². The monoisotopic (exact) mass is 352 g/mol. The van der Waals surface area contributed by atoms with E-state index >= 15 is 0 Å². The van der Waals surface area contributed by atoms with Gasteiger partial charge in [0.1, 0.15) is 11.4 Å². The molecule has 0 saturated carbocycles. The Kier molecular flexibility index (Phi) is 3.18. The van der Waals surface area contributed by atoms with Crippen molar-refractivity contribution in [2.24, 2.45) is 0 Å². The minimum Gasteiger partial charge on any atom is -0.313 e. The topological polar surface area (TPSA) is 68.5 Å². The second kappa shape index (κ2) is 5.57. The Balaban J connectivity index is 1.87. The van der Waals surface area contributed by atoms with Crippen LogP contribution in [-0.4, -0.2) is 26.7 Å². The average molecular weight is 352 g/mol. The maximum atomic E-state index is 13.3. The van der Waals surface area contributed by atoms with Crippen LogP contribution in [0.4, 0.5) is 0 Å². The zero-order valence-electron chi connectivity index (χ0n) is 14.0. The summed E-state index contributed by atoms with van der Waals surface area (Å²) in [6.07, 6.45) is 3.19. The Morgan fingerprint density at radius 2 is 1.67 bits per heavy atom. The highest BCUT2D eigenvalue weighted by Crippen LogP contribution is 2.31. The van der Waals surface area contributed by atoms with E-state index in [1.54, 1.807) is 65.2 Å². The number of carbonyl (C=O) groups is 3. The summed E-state index contributed by atoms with van der Waals surface area (Å²) in [5, 5.41) is 0. The van der Waals surface area contributed by atoms with E-state index in [9.17, 15) is 14.4 Å². The molecule has 4 aromatic rings. The lowest BCUT2D eigenvalue weighted by Gasteiger charge is -2.20. The van der Waals surface area contributed by atoms with Crippen LogP contribution in [0.2, 0.25) is 0 Å². The minimum atomic E-state index is -0.407. The molecule has 0 saturated heterocycles. The van der Waals surface area contributed by atoms with Gasteiger partial charge >= 0.3 is 0 Å². The Morgan fingerprint density at radius 3 is 2.48 bits per heavy atom. The first-order chi connectivity index (χ1) is 13.2. The fraction of sp³-hybridized carbons (Fsp3) is 0. The number of benzene rings is 1.